The third-order valence-electron chi connectivity index (χ3n) is 3.56. The third kappa shape index (κ3) is 5.44. The van der Waals surface area contributed by atoms with E-state index in [0.29, 0.717) is 16.0 Å². The van der Waals surface area contributed by atoms with E-state index in [1.54, 1.807) is 24.3 Å². The Bertz CT molecular complexity index is 452. The Kier molecular flexibility index (Phi) is 6.71. The zero-order valence-electron chi connectivity index (χ0n) is 12.4. The summed E-state index contributed by atoms with van der Waals surface area (Å²) in [6.07, 6.45) is 3.51. The summed E-state index contributed by atoms with van der Waals surface area (Å²) in [5.74, 6) is 1.86. The summed E-state index contributed by atoms with van der Waals surface area (Å²) in [7, 11) is 0. The number of hydrogen-bond acceptors (Lipinski definition) is 3. The van der Waals surface area contributed by atoms with Crippen molar-refractivity contribution in [2.75, 3.05) is 25.4 Å². The van der Waals surface area contributed by atoms with Gasteiger partial charge in [-0.25, -0.2) is 0 Å². The first-order valence-corrected chi connectivity index (χ1v) is 8.89. The Morgan fingerprint density at radius 3 is 2.86 bits per heavy atom. The lowest BCUT2D eigenvalue weighted by atomic mass is 10.2. The minimum Gasteiger partial charge on any atom is -0.484 e. The molecule has 1 aliphatic heterocycles. The molecule has 116 valence electrons. The van der Waals surface area contributed by atoms with Gasteiger partial charge < -0.3 is 9.64 Å². The number of amides is 1. The van der Waals surface area contributed by atoms with E-state index in [1.165, 1.54) is 12.8 Å². The Hall–Kier alpha value is -0.870. The quantitative estimate of drug-likeness (QED) is 0.822. The van der Waals surface area contributed by atoms with Crippen molar-refractivity contribution in [3.05, 3.63) is 29.3 Å². The molecule has 1 aromatic carbocycles. The summed E-state index contributed by atoms with van der Waals surface area (Å²) in [6, 6.07) is 7.10. The van der Waals surface area contributed by atoms with Gasteiger partial charge in [0.1, 0.15) is 5.75 Å². The molecule has 1 unspecified atom stereocenters. The number of nitrogens with zero attached hydrogens (tertiary/aromatic N) is 1. The Morgan fingerprint density at radius 2 is 2.14 bits per heavy atom. The monoisotopic (exact) mass is 327 g/mol. The molecule has 0 radical (unpaired) electrons. The van der Waals surface area contributed by atoms with E-state index in [0.717, 1.165) is 25.3 Å². The summed E-state index contributed by atoms with van der Waals surface area (Å²) < 4.78 is 5.56. The van der Waals surface area contributed by atoms with Crippen molar-refractivity contribution in [1.29, 1.82) is 0 Å². The van der Waals surface area contributed by atoms with Gasteiger partial charge in [-0.15, -0.1) is 0 Å². The first kappa shape index (κ1) is 16.5. The van der Waals surface area contributed by atoms with Crippen molar-refractivity contribution < 1.29 is 9.53 Å². The lowest BCUT2D eigenvalue weighted by molar-refractivity contribution is -0.133. The van der Waals surface area contributed by atoms with Crippen LogP contribution < -0.4 is 4.74 Å². The summed E-state index contributed by atoms with van der Waals surface area (Å²) in [5.41, 5.74) is 0. The van der Waals surface area contributed by atoms with Gasteiger partial charge in [0.05, 0.1) is 0 Å². The third-order valence-corrected chi connectivity index (χ3v) is 5.00. The molecular weight excluding hydrogens is 306 g/mol. The molecule has 5 heteroatoms. The standard InChI is InChI=1S/C16H22ClNO2S/c1-2-21-15-5-3-4-10-18(11-15)16(19)12-20-14-8-6-13(17)7-9-14/h6-9,15H,2-5,10-12H2,1H3. The van der Waals surface area contributed by atoms with Crippen LogP contribution in [0.1, 0.15) is 26.2 Å². The molecule has 0 N–H and O–H groups in total. The van der Waals surface area contributed by atoms with Crippen molar-refractivity contribution in [2.24, 2.45) is 0 Å². The van der Waals surface area contributed by atoms with Crippen molar-refractivity contribution >= 4 is 29.3 Å². The maximum Gasteiger partial charge on any atom is 0.260 e. The molecule has 0 aromatic heterocycles. The fraction of sp³-hybridized carbons (Fsp3) is 0.562. The van der Waals surface area contributed by atoms with Gasteiger partial charge in [-0.3, -0.25) is 4.79 Å². The van der Waals surface area contributed by atoms with Gasteiger partial charge in [-0.2, -0.15) is 11.8 Å². The number of carbonyl (C=O) groups is 1. The van der Waals surface area contributed by atoms with E-state index in [-0.39, 0.29) is 12.5 Å². The van der Waals surface area contributed by atoms with E-state index in [1.807, 2.05) is 16.7 Å². The van der Waals surface area contributed by atoms with E-state index in [4.69, 9.17) is 16.3 Å². The zero-order chi connectivity index (χ0) is 15.1. The molecule has 1 aromatic rings. The highest BCUT2D eigenvalue weighted by molar-refractivity contribution is 7.99. The molecule has 3 nitrogen and oxygen atoms in total. The summed E-state index contributed by atoms with van der Waals surface area (Å²) in [4.78, 5) is 14.3. The van der Waals surface area contributed by atoms with Crippen LogP contribution in [0.15, 0.2) is 24.3 Å². The maximum atomic E-state index is 12.3. The summed E-state index contributed by atoms with van der Waals surface area (Å²) >= 11 is 7.78. The second kappa shape index (κ2) is 8.54. The normalized spacial score (nSPS) is 19.1. The molecule has 1 fully saturated rings. The lowest BCUT2D eigenvalue weighted by Crippen LogP contribution is -2.38. The SMILES string of the molecule is CCSC1CCCCN(C(=O)COc2ccc(Cl)cc2)C1. The first-order valence-electron chi connectivity index (χ1n) is 7.46. The van der Waals surface area contributed by atoms with E-state index >= 15 is 0 Å². The van der Waals surface area contributed by atoms with Crippen LogP contribution in [0.4, 0.5) is 0 Å². The molecule has 1 amide bonds. The van der Waals surface area contributed by atoms with Gasteiger partial charge in [0.2, 0.25) is 0 Å². The zero-order valence-corrected chi connectivity index (χ0v) is 14.0. The average Bonchev–Trinajstić information content (AvgIpc) is 2.72. The Morgan fingerprint density at radius 1 is 1.38 bits per heavy atom. The molecule has 1 atom stereocenters. The number of carbonyl (C=O) groups excluding carboxylic acids is 1. The fourth-order valence-corrected chi connectivity index (χ4v) is 3.68. The molecule has 21 heavy (non-hydrogen) atoms. The lowest BCUT2D eigenvalue weighted by Gasteiger charge is -2.24. The van der Waals surface area contributed by atoms with Crippen LogP contribution in [0.3, 0.4) is 0 Å². The van der Waals surface area contributed by atoms with Gasteiger partial charge in [-0.05, 0) is 42.9 Å². The van der Waals surface area contributed by atoms with Crippen molar-refractivity contribution in [3.63, 3.8) is 0 Å². The number of likely N-dealkylation sites (tertiary alicyclic amines) is 1. The predicted molar refractivity (Wildman–Crippen MR) is 89.3 cm³/mol. The fourth-order valence-electron chi connectivity index (χ4n) is 2.47. The Labute approximate surface area is 136 Å². The molecule has 1 saturated heterocycles. The number of benzene rings is 1. The molecular formula is C16H22ClNO2S. The predicted octanol–water partition coefficient (Wildman–Crippen LogP) is 3.85. The minimum absolute atomic E-state index is 0.0774. The highest BCUT2D eigenvalue weighted by Gasteiger charge is 2.22. The van der Waals surface area contributed by atoms with Crippen LogP contribution in [0.5, 0.6) is 5.75 Å². The average molecular weight is 328 g/mol. The van der Waals surface area contributed by atoms with Gasteiger partial charge in [0, 0.05) is 23.4 Å². The van der Waals surface area contributed by atoms with Crippen LogP contribution in [-0.2, 0) is 4.79 Å². The molecule has 0 saturated carbocycles. The number of hydrogen-bond donors (Lipinski definition) is 0. The molecule has 0 spiro atoms. The minimum atomic E-state index is 0.0774. The maximum absolute atomic E-state index is 12.3. The number of halogens is 1. The van der Waals surface area contributed by atoms with Crippen LogP contribution in [0.2, 0.25) is 5.02 Å². The Balaban J connectivity index is 1.84. The molecule has 0 bridgehead atoms. The van der Waals surface area contributed by atoms with Crippen LogP contribution in [0, 0.1) is 0 Å². The van der Waals surface area contributed by atoms with Crippen LogP contribution in [0.25, 0.3) is 0 Å². The van der Waals surface area contributed by atoms with Gasteiger partial charge >= 0.3 is 0 Å². The largest absolute Gasteiger partial charge is 0.484 e. The highest BCUT2D eigenvalue weighted by Crippen LogP contribution is 2.22. The topological polar surface area (TPSA) is 29.5 Å². The number of thioether (sulfide) groups is 1. The number of rotatable bonds is 5. The van der Waals surface area contributed by atoms with Gasteiger partial charge in [0.15, 0.2) is 6.61 Å². The van der Waals surface area contributed by atoms with Crippen molar-refractivity contribution in [1.82, 2.24) is 4.90 Å². The molecule has 2 rings (SSSR count). The molecule has 0 aliphatic carbocycles. The van der Waals surface area contributed by atoms with E-state index in [9.17, 15) is 4.79 Å². The van der Waals surface area contributed by atoms with Crippen molar-refractivity contribution in [2.45, 2.75) is 31.4 Å². The molecule has 1 heterocycles. The van der Waals surface area contributed by atoms with Crippen molar-refractivity contribution in [3.8, 4) is 5.75 Å². The summed E-state index contributed by atoms with van der Waals surface area (Å²) in [6.45, 7) is 3.97. The van der Waals surface area contributed by atoms with E-state index in [2.05, 4.69) is 6.92 Å². The van der Waals surface area contributed by atoms with Crippen LogP contribution >= 0.6 is 23.4 Å². The smallest absolute Gasteiger partial charge is 0.260 e. The molecule has 1 aliphatic rings. The highest BCUT2D eigenvalue weighted by atomic mass is 35.5. The summed E-state index contributed by atoms with van der Waals surface area (Å²) in [5, 5.41) is 1.23. The van der Waals surface area contributed by atoms with Gasteiger partial charge in [-0.1, -0.05) is 24.9 Å². The van der Waals surface area contributed by atoms with Gasteiger partial charge in [0.25, 0.3) is 5.91 Å². The second-order valence-electron chi connectivity index (χ2n) is 5.16. The first-order chi connectivity index (χ1) is 10.2. The van der Waals surface area contributed by atoms with Crippen LogP contribution in [-0.4, -0.2) is 41.5 Å². The number of ether oxygens (including phenoxy) is 1. The second-order valence-corrected chi connectivity index (χ2v) is 7.17. The van der Waals surface area contributed by atoms with E-state index < -0.39 is 0 Å².